The molecular formula is C17H13N3O3. The lowest BCUT2D eigenvalue weighted by Gasteiger charge is -2.05. The van der Waals surface area contributed by atoms with Crippen LogP contribution in [0.4, 0.5) is 0 Å². The molecule has 0 unspecified atom stereocenters. The Hall–Kier alpha value is -3.15. The SMILES string of the molecule is COc1ccc(Cn2ncc3c(=O)c4cccnc4oc32)cc1. The van der Waals surface area contributed by atoms with Crippen LogP contribution in [-0.2, 0) is 6.54 Å². The second-order valence-corrected chi connectivity index (χ2v) is 5.16. The van der Waals surface area contributed by atoms with Gasteiger partial charge in [0.2, 0.25) is 16.9 Å². The van der Waals surface area contributed by atoms with Gasteiger partial charge in [0, 0.05) is 6.20 Å². The Morgan fingerprint density at radius 2 is 2.00 bits per heavy atom. The average Bonchev–Trinajstić information content (AvgIpc) is 2.99. The van der Waals surface area contributed by atoms with E-state index in [1.54, 1.807) is 30.1 Å². The lowest BCUT2D eigenvalue weighted by atomic mass is 10.2. The Labute approximate surface area is 130 Å². The first kappa shape index (κ1) is 13.5. The van der Waals surface area contributed by atoms with Crippen molar-refractivity contribution in [3.63, 3.8) is 0 Å². The van der Waals surface area contributed by atoms with Crippen LogP contribution in [0.2, 0.25) is 0 Å². The fourth-order valence-corrected chi connectivity index (χ4v) is 2.54. The molecule has 6 heteroatoms. The quantitative estimate of drug-likeness (QED) is 0.582. The zero-order valence-corrected chi connectivity index (χ0v) is 12.4. The highest BCUT2D eigenvalue weighted by molar-refractivity contribution is 5.85. The van der Waals surface area contributed by atoms with Gasteiger partial charge >= 0.3 is 0 Å². The minimum Gasteiger partial charge on any atom is -0.497 e. The summed E-state index contributed by atoms with van der Waals surface area (Å²) in [7, 11) is 1.63. The summed E-state index contributed by atoms with van der Waals surface area (Å²) in [5.74, 6) is 0.792. The second kappa shape index (κ2) is 5.24. The number of fused-ring (bicyclic) bond motifs is 2. The molecule has 3 aromatic heterocycles. The number of aromatic nitrogens is 3. The van der Waals surface area contributed by atoms with Crippen LogP contribution in [0.3, 0.4) is 0 Å². The van der Waals surface area contributed by atoms with Gasteiger partial charge in [0.15, 0.2) is 0 Å². The monoisotopic (exact) mass is 307 g/mol. The van der Waals surface area contributed by atoms with E-state index < -0.39 is 0 Å². The molecule has 23 heavy (non-hydrogen) atoms. The zero-order valence-electron chi connectivity index (χ0n) is 12.4. The summed E-state index contributed by atoms with van der Waals surface area (Å²) in [6.45, 7) is 0.495. The van der Waals surface area contributed by atoms with E-state index in [-0.39, 0.29) is 5.43 Å². The van der Waals surface area contributed by atoms with E-state index in [4.69, 9.17) is 9.15 Å². The molecule has 0 radical (unpaired) electrons. The van der Waals surface area contributed by atoms with Crippen molar-refractivity contribution < 1.29 is 9.15 Å². The van der Waals surface area contributed by atoms with Crippen molar-refractivity contribution in [2.75, 3.05) is 7.11 Å². The molecule has 0 N–H and O–H groups in total. The molecule has 0 saturated carbocycles. The molecule has 0 aliphatic rings. The van der Waals surface area contributed by atoms with Gasteiger partial charge in [0.05, 0.1) is 25.2 Å². The number of pyridine rings is 1. The molecule has 4 rings (SSSR count). The normalized spacial score (nSPS) is 11.2. The summed E-state index contributed by atoms with van der Waals surface area (Å²) >= 11 is 0. The number of hydrogen-bond donors (Lipinski definition) is 0. The number of ether oxygens (including phenoxy) is 1. The van der Waals surface area contributed by atoms with E-state index in [0.717, 1.165) is 11.3 Å². The minimum absolute atomic E-state index is 0.115. The summed E-state index contributed by atoms with van der Waals surface area (Å²) in [5, 5.41) is 5.20. The Morgan fingerprint density at radius 1 is 1.17 bits per heavy atom. The Morgan fingerprint density at radius 3 is 2.78 bits per heavy atom. The lowest BCUT2D eigenvalue weighted by molar-refractivity contribution is 0.414. The first-order valence-corrected chi connectivity index (χ1v) is 7.12. The maximum atomic E-state index is 12.5. The molecule has 1 aromatic carbocycles. The van der Waals surface area contributed by atoms with E-state index in [0.29, 0.717) is 28.7 Å². The molecule has 6 nitrogen and oxygen atoms in total. The number of methoxy groups -OCH3 is 1. The summed E-state index contributed by atoms with van der Waals surface area (Å²) in [4.78, 5) is 16.6. The predicted molar refractivity (Wildman–Crippen MR) is 85.7 cm³/mol. The van der Waals surface area contributed by atoms with Crippen molar-refractivity contribution in [3.05, 3.63) is 64.6 Å². The van der Waals surface area contributed by atoms with E-state index in [1.165, 1.54) is 6.20 Å². The molecule has 0 aliphatic carbocycles. The van der Waals surface area contributed by atoms with E-state index >= 15 is 0 Å². The average molecular weight is 307 g/mol. The van der Waals surface area contributed by atoms with Crippen molar-refractivity contribution >= 4 is 22.2 Å². The Balaban J connectivity index is 1.82. The molecule has 0 fully saturated rings. The van der Waals surface area contributed by atoms with Crippen molar-refractivity contribution in [1.82, 2.24) is 14.8 Å². The number of benzene rings is 1. The molecule has 3 heterocycles. The van der Waals surface area contributed by atoms with Gasteiger partial charge in [0.1, 0.15) is 11.1 Å². The van der Waals surface area contributed by atoms with Gasteiger partial charge in [-0.25, -0.2) is 9.67 Å². The summed E-state index contributed by atoms with van der Waals surface area (Å²) in [5.41, 5.74) is 1.66. The highest BCUT2D eigenvalue weighted by Crippen LogP contribution is 2.18. The fourth-order valence-electron chi connectivity index (χ4n) is 2.54. The minimum atomic E-state index is -0.115. The van der Waals surface area contributed by atoms with E-state index in [9.17, 15) is 4.79 Å². The molecule has 0 aliphatic heterocycles. The van der Waals surface area contributed by atoms with Gasteiger partial charge in [0.25, 0.3) is 0 Å². The van der Waals surface area contributed by atoms with E-state index in [2.05, 4.69) is 10.1 Å². The van der Waals surface area contributed by atoms with Gasteiger partial charge < -0.3 is 9.15 Å². The van der Waals surface area contributed by atoms with Crippen LogP contribution in [-0.4, -0.2) is 21.9 Å². The molecule has 4 aromatic rings. The molecule has 0 atom stereocenters. The third-order valence-corrected chi connectivity index (χ3v) is 3.74. The van der Waals surface area contributed by atoms with Crippen LogP contribution in [0.1, 0.15) is 5.56 Å². The third kappa shape index (κ3) is 2.24. The summed E-state index contributed by atoms with van der Waals surface area (Å²) < 4.78 is 12.6. The predicted octanol–water partition coefficient (Wildman–Crippen LogP) is 2.59. The van der Waals surface area contributed by atoms with Crippen molar-refractivity contribution in [2.24, 2.45) is 0 Å². The largest absolute Gasteiger partial charge is 0.497 e. The van der Waals surface area contributed by atoms with E-state index in [1.807, 2.05) is 24.3 Å². The molecule has 114 valence electrons. The van der Waals surface area contributed by atoms with Crippen LogP contribution in [0.25, 0.3) is 22.2 Å². The topological polar surface area (TPSA) is 70.2 Å². The molecule has 0 amide bonds. The van der Waals surface area contributed by atoms with Crippen LogP contribution >= 0.6 is 0 Å². The van der Waals surface area contributed by atoms with Crippen LogP contribution in [0.15, 0.2) is 58.0 Å². The van der Waals surface area contributed by atoms with Crippen LogP contribution in [0, 0.1) is 0 Å². The van der Waals surface area contributed by atoms with Gasteiger partial charge in [-0.15, -0.1) is 0 Å². The number of hydrogen-bond acceptors (Lipinski definition) is 5. The molecule has 0 bridgehead atoms. The Kier molecular flexibility index (Phi) is 3.08. The Bertz CT molecular complexity index is 1050. The van der Waals surface area contributed by atoms with Gasteiger partial charge in [-0.3, -0.25) is 4.79 Å². The van der Waals surface area contributed by atoms with Gasteiger partial charge in [-0.2, -0.15) is 5.10 Å². The van der Waals surface area contributed by atoms with Crippen molar-refractivity contribution in [2.45, 2.75) is 6.54 Å². The third-order valence-electron chi connectivity index (χ3n) is 3.74. The maximum Gasteiger partial charge on any atom is 0.232 e. The van der Waals surface area contributed by atoms with Crippen molar-refractivity contribution in [3.8, 4) is 5.75 Å². The highest BCUT2D eigenvalue weighted by Gasteiger charge is 2.13. The van der Waals surface area contributed by atoms with Gasteiger partial charge in [-0.05, 0) is 29.8 Å². The van der Waals surface area contributed by atoms with Crippen molar-refractivity contribution in [1.29, 1.82) is 0 Å². The first-order chi connectivity index (χ1) is 11.3. The maximum absolute atomic E-state index is 12.5. The smallest absolute Gasteiger partial charge is 0.232 e. The van der Waals surface area contributed by atoms with Gasteiger partial charge in [-0.1, -0.05) is 12.1 Å². The first-order valence-electron chi connectivity index (χ1n) is 7.12. The summed E-state index contributed by atoms with van der Waals surface area (Å²) in [6.07, 6.45) is 3.14. The zero-order chi connectivity index (χ0) is 15.8. The number of rotatable bonds is 3. The molecular weight excluding hydrogens is 294 g/mol. The fraction of sp³-hybridized carbons (Fsp3) is 0.118. The van der Waals surface area contributed by atoms with Crippen LogP contribution < -0.4 is 10.2 Å². The summed E-state index contributed by atoms with van der Waals surface area (Å²) in [6, 6.07) is 11.1. The lowest BCUT2D eigenvalue weighted by Crippen LogP contribution is -2.05. The number of nitrogens with zero attached hydrogens (tertiary/aromatic N) is 3. The van der Waals surface area contributed by atoms with Crippen LogP contribution in [0.5, 0.6) is 5.75 Å². The highest BCUT2D eigenvalue weighted by atomic mass is 16.5. The molecule has 0 saturated heterocycles. The second-order valence-electron chi connectivity index (χ2n) is 5.16. The molecule has 0 spiro atoms. The standard InChI is InChI=1S/C17H13N3O3/c1-22-12-6-4-11(5-7-12)10-20-17-14(9-19-20)15(21)13-3-2-8-18-16(13)23-17/h2-9H,10H2,1H3.